The highest BCUT2D eigenvalue weighted by atomic mass is 32.2. The van der Waals surface area contributed by atoms with Crippen molar-refractivity contribution in [1.29, 1.82) is 0 Å². The highest BCUT2D eigenvalue weighted by Crippen LogP contribution is 2.43. The molecule has 20 heavy (non-hydrogen) atoms. The molecular weight excluding hydrogens is 285 g/mol. The smallest absolute Gasteiger partial charge is 0.303 e. The maximum Gasteiger partial charge on any atom is 0.303 e. The monoisotopic (exact) mass is 301 g/mol. The molecule has 1 aliphatic carbocycles. The molecular formula is C13H16FNO4S. The lowest BCUT2D eigenvalue weighted by Crippen LogP contribution is -2.43. The second-order valence-corrected chi connectivity index (χ2v) is 6.97. The van der Waals surface area contributed by atoms with Crippen LogP contribution in [0.25, 0.3) is 0 Å². The standard InChI is InChI=1S/C13H16FNO4S/c14-10-3-1-4-11(7-10)20(18,19)15-9-13(5-2-6-13)8-12(16)17/h1,3-4,7,15H,2,5-6,8-9H2,(H,16,17). The Hall–Kier alpha value is -1.47. The molecule has 0 radical (unpaired) electrons. The number of sulfonamides is 1. The van der Waals surface area contributed by atoms with Crippen molar-refractivity contribution < 1.29 is 22.7 Å². The van der Waals surface area contributed by atoms with Crippen LogP contribution in [-0.4, -0.2) is 26.0 Å². The zero-order chi connectivity index (χ0) is 14.8. The van der Waals surface area contributed by atoms with Gasteiger partial charge in [0.2, 0.25) is 10.0 Å². The molecule has 0 aromatic heterocycles. The zero-order valence-electron chi connectivity index (χ0n) is 10.8. The highest BCUT2D eigenvalue weighted by Gasteiger charge is 2.39. The van der Waals surface area contributed by atoms with Crippen molar-refractivity contribution in [2.75, 3.05) is 6.54 Å². The van der Waals surface area contributed by atoms with E-state index < -0.39 is 27.2 Å². The maximum absolute atomic E-state index is 13.1. The maximum atomic E-state index is 13.1. The SMILES string of the molecule is O=C(O)CC1(CNS(=O)(=O)c2cccc(F)c2)CCC1. The van der Waals surface area contributed by atoms with Gasteiger partial charge in [0.25, 0.3) is 0 Å². The van der Waals surface area contributed by atoms with Crippen LogP contribution < -0.4 is 4.72 Å². The first-order chi connectivity index (χ1) is 9.33. The summed E-state index contributed by atoms with van der Waals surface area (Å²) in [5.41, 5.74) is -0.508. The summed E-state index contributed by atoms with van der Waals surface area (Å²) in [5, 5.41) is 8.87. The molecule has 1 aromatic carbocycles. The molecule has 0 bridgehead atoms. The van der Waals surface area contributed by atoms with Crippen LogP contribution in [-0.2, 0) is 14.8 Å². The minimum atomic E-state index is -3.81. The summed E-state index contributed by atoms with van der Waals surface area (Å²) in [6, 6.07) is 4.72. The molecule has 2 N–H and O–H groups in total. The Labute approximate surface area is 116 Å². The van der Waals surface area contributed by atoms with Gasteiger partial charge in [0, 0.05) is 6.54 Å². The van der Waals surface area contributed by atoms with Gasteiger partial charge < -0.3 is 5.11 Å². The van der Waals surface area contributed by atoms with Gasteiger partial charge in [0.05, 0.1) is 11.3 Å². The third-order valence-electron chi connectivity index (χ3n) is 3.68. The van der Waals surface area contributed by atoms with Gasteiger partial charge in [-0.05, 0) is 36.5 Å². The molecule has 1 aliphatic rings. The van der Waals surface area contributed by atoms with Crippen LogP contribution >= 0.6 is 0 Å². The van der Waals surface area contributed by atoms with Crippen LogP contribution in [0.2, 0.25) is 0 Å². The Bertz CT molecular complexity index is 611. The average Bonchev–Trinajstić information content (AvgIpc) is 2.32. The lowest BCUT2D eigenvalue weighted by atomic mass is 9.67. The number of hydrogen-bond acceptors (Lipinski definition) is 3. The summed E-state index contributed by atoms with van der Waals surface area (Å²) in [5.74, 6) is -1.56. The number of nitrogens with one attached hydrogen (secondary N) is 1. The van der Waals surface area contributed by atoms with Crippen LogP contribution in [0.15, 0.2) is 29.2 Å². The van der Waals surface area contributed by atoms with Gasteiger partial charge in [-0.3, -0.25) is 4.79 Å². The number of rotatable bonds is 6. The summed E-state index contributed by atoms with van der Waals surface area (Å²) in [4.78, 5) is 10.7. The lowest BCUT2D eigenvalue weighted by molar-refractivity contribution is -0.141. The molecule has 5 nitrogen and oxygen atoms in total. The fourth-order valence-electron chi connectivity index (χ4n) is 2.38. The molecule has 2 rings (SSSR count). The number of carbonyl (C=O) groups is 1. The van der Waals surface area contributed by atoms with Gasteiger partial charge in [-0.25, -0.2) is 17.5 Å². The van der Waals surface area contributed by atoms with Crippen LogP contribution in [0.4, 0.5) is 4.39 Å². The number of carboxylic acids is 1. The summed E-state index contributed by atoms with van der Waals surface area (Å²) in [6.45, 7) is 0.0676. The van der Waals surface area contributed by atoms with Crippen molar-refractivity contribution in [3.8, 4) is 0 Å². The van der Waals surface area contributed by atoms with Crippen LogP contribution in [0.3, 0.4) is 0 Å². The van der Waals surface area contributed by atoms with E-state index in [1.54, 1.807) is 0 Å². The largest absolute Gasteiger partial charge is 0.481 e. The van der Waals surface area contributed by atoms with Gasteiger partial charge in [0.15, 0.2) is 0 Å². The Morgan fingerprint density at radius 3 is 2.60 bits per heavy atom. The Balaban J connectivity index is 2.07. The van der Waals surface area contributed by atoms with Gasteiger partial charge in [-0.15, -0.1) is 0 Å². The summed E-state index contributed by atoms with van der Waals surface area (Å²) >= 11 is 0. The number of carboxylic acid groups (broad SMARTS) is 1. The first-order valence-corrected chi connectivity index (χ1v) is 7.78. The van der Waals surface area contributed by atoms with Crippen LogP contribution in [0.1, 0.15) is 25.7 Å². The molecule has 1 aromatic rings. The Morgan fingerprint density at radius 2 is 2.10 bits per heavy atom. The predicted molar refractivity (Wildman–Crippen MR) is 70.1 cm³/mol. The molecule has 0 unspecified atom stereocenters. The molecule has 0 heterocycles. The van der Waals surface area contributed by atoms with E-state index in [4.69, 9.17) is 5.11 Å². The minimum Gasteiger partial charge on any atom is -0.481 e. The highest BCUT2D eigenvalue weighted by molar-refractivity contribution is 7.89. The van der Waals surface area contributed by atoms with E-state index >= 15 is 0 Å². The number of aliphatic carboxylic acids is 1. The fourth-order valence-corrected chi connectivity index (χ4v) is 3.57. The van der Waals surface area contributed by atoms with E-state index in [0.29, 0.717) is 12.8 Å². The second kappa shape index (κ2) is 5.49. The first kappa shape index (κ1) is 14.9. The molecule has 110 valence electrons. The fraction of sp³-hybridized carbons (Fsp3) is 0.462. The molecule has 0 spiro atoms. The van der Waals surface area contributed by atoms with Crippen molar-refractivity contribution in [1.82, 2.24) is 4.72 Å². The normalized spacial score (nSPS) is 17.4. The first-order valence-electron chi connectivity index (χ1n) is 6.30. The molecule has 7 heteroatoms. The number of benzene rings is 1. The Kier molecular flexibility index (Phi) is 4.10. The van der Waals surface area contributed by atoms with E-state index in [-0.39, 0.29) is 17.9 Å². The van der Waals surface area contributed by atoms with E-state index in [1.807, 2.05) is 0 Å². The lowest BCUT2D eigenvalue weighted by Gasteiger charge is -2.40. The van der Waals surface area contributed by atoms with E-state index in [9.17, 15) is 17.6 Å². The Morgan fingerprint density at radius 1 is 1.40 bits per heavy atom. The quantitative estimate of drug-likeness (QED) is 0.838. The van der Waals surface area contributed by atoms with Crippen molar-refractivity contribution in [2.45, 2.75) is 30.6 Å². The van der Waals surface area contributed by atoms with Crippen molar-refractivity contribution >= 4 is 16.0 Å². The molecule has 0 atom stereocenters. The molecule has 0 aliphatic heterocycles. The van der Waals surface area contributed by atoms with Crippen LogP contribution in [0.5, 0.6) is 0 Å². The van der Waals surface area contributed by atoms with Gasteiger partial charge in [-0.2, -0.15) is 0 Å². The van der Waals surface area contributed by atoms with E-state index in [1.165, 1.54) is 12.1 Å². The van der Waals surface area contributed by atoms with Gasteiger partial charge in [0.1, 0.15) is 5.82 Å². The average molecular weight is 301 g/mol. The van der Waals surface area contributed by atoms with E-state index in [2.05, 4.69) is 4.72 Å². The third-order valence-corrected chi connectivity index (χ3v) is 5.08. The number of hydrogen-bond donors (Lipinski definition) is 2. The van der Waals surface area contributed by atoms with Crippen molar-refractivity contribution in [2.24, 2.45) is 5.41 Å². The van der Waals surface area contributed by atoms with Gasteiger partial charge >= 0.3 is 5.97 Å². The summed E-state index contributed by atoms with van der Waals surface area (Å²) in [6.07, 6.45) is 2.21. The molecule has 0 saturated heterocycles. The molecule has 1 fully saturated rings. The number of halogens is 1. The summed E-state index contributed by atoms with van der Waals surface area (Å²) < 4.78 is 39.5. The van der Waals surface area contributed by atoms with Crippen molar-refractivity contribution in [3.05, 3.63) is 30.1 Å². The van der Waals surface area contributed by atoms with Crippen molar-refractivity contribution in [3.63, 3.8) is 0 Å². The second-order valence-electron chi connectivity index (χ2n) is 5.21. The van der Waals surface area contributed by atoms with E-state index in [0.717, 1.165) is 18.6 Å². The third kappa shape index (κ3) is 3.34. The zero-order valence-corrected chi connectivity index (χ0v) is 11.6. The van der Waals surface area contributed by atoms with Crippen LogP contribution in [0, 0.1) is 11.2 Å². The van der Waals surface area contributed by atoms with Gasteiger partial charge in [-0.1, -0.05) is 12.5 Å². The molecule has 0 amide bonds. The minimum absolute atomic E-state index is 0.0569. The topological polar surface area (TPSA) is 83.5 Å². The summed E-state index contributed by atoms with van der Waals surface area (Å²) in [7, 11) is -3.81. The molecule has 1 saturated carbocycles. The predicted octanol–water partition coefficient (Wildman–Crippen LogP) is 1.75.